The highest BCUT2D eigenvalue weighted by atomic mass is 35.5. The average molecular weight is 337 g/mol. The van der Waals surface area contributed by atoms with Crippen LogP contribution in [-0.2, 0) is 11.3 Å². The first kappa shape index (κ1) is 17.3. The van der Waals surface area contributed by atoms with Gasteiger partial charge in [0.2, 0.25) is 5.91 Å². The Morgan fingerprint density at radius 1 is 1.39 bits per heavy atom. The number of carbonyl (C=O) groups excluding carboxylic acids is 1. The second-order valence-electron chi connectivity index (χ2n) is 5.16. The van der Waals surface area contributed by atoms with Gasteiger partial charge in [0, 0.05) is 23.5 Å². The van der Waals surface area contributed by atoms with Gasteiger partial charge in [-0.15, -0.1) is 0 Å². The van der Waals surface area contributed by atoms with E-state index in [9.17, 15) is 4.79 Å². The number of aromatic nitrogens is 2. The van der Waals surface area contributed by atoms with E-state index in [0.717, 1.165) is 12.3 Å². The van der Waals surface area contributed by atoms with Crippen molar-refractivity contribution in [3.8, 4) is 5.75 Å². The Morgan fingerprint density at radius 2 is 2.17 bits per heavy atom. The molecule has 2 N–H and O–H groups in total. The number of ether oxygens (including phenoxy) is 1. The number of nitrogens with zero attached hydrogens (tertiary/aromatic N) is 2. The molecule has 0 unspecified atom stereocenters. The van der Waals surface area contributed by atoms with E-state index < -0.39 is 0 Å². The summed E-state index contributed by atoms with van der Waals surface area (Å²) in [4.78, 5) is 11.7. The molecular formula is C16H21ClN4O2. The second kappa shape index (κ2) is 9.17. The molecule has 124 valence electrons. The number of amides is 1. The molecule has 0 saturated heterocycles. The quantitative estimate of drug-likeness (QED) is 0.684. The monoisotopic (exact) mass is 336 g/mol. The van der Waals surface area contributed by atoms with E-state index in [4.69, 9.17) is 16.3 Å². The van der Waals surface area contributed by atoms with Crippen LogP contribution in [0.5, 0.6) is 5.75 Å². The fourth-order valence-corrected chi connectivity index (χ4v) is 2.10. The Hall–Kier alpha value is -2.05. The fraction of sp³-hybridized carbons (Fsp3) is 0.375. The van der Waals surface area contributed by atoms with Crippen LogP contribution in [0.25, 0.3) is 0 Å². The van der Waals surface area contributed by atoms with Gasteiger partial charge in [0.05, 0.1) is 19.6 Å². The molecule has 0 aliphatic rings. The second-order valence-corrected chi connectivity index (χ2v) is 5.60. The normalized spacial score (nSPS) is 11.9. The van der Waals surface area contributed by atoms with E-state index in [1.807, 2.05) is 23.9 Å². The highest BCUT2D eigenvalue weighted by Crippen LogP contribution is 2.14. The van der Waals surface area contributed by atoms with E-state index in [2.05, 4.69) is 15.7 Å². The number of rotatable bonds is 9. The third-order valence-corrected chi connectivity index (χ3v) is 3.39. The third-order valence-electron chi connectivity index (χ3n) is 3.14. The lowest BCUT2D eigenvalue weighted by molar-refractivity contribution is -0.120. The van der Waals surface area contributed by atoms with E-state index in [1.165, 1.54) is 0 Å². The van der Waals surface area contributed by atoms with Crippen LogP contribution in [-0.4, -0.2) is 41.4 Å². The Morgan fingerprint density at radius 3 is 2.87 bits per heavy atom. The smallest absolute Gasteiger partial charge is 0.234 e. The van der Waals surface area contributed by atoms with Gasteiger partial charge in [-0.05, 0) is 37.3 Å². The highest BCUT2D eigenvalue weighted by molar-refractivity contribution is 6.30. The number of carbonyl (C=O) groups is 1. The van der Waals surface area contributed by atoms with Crippen LogP contribution in [0.3, 0.4) is 0 Å². The van der Waals surface area contributed by atoms with Gasteiger partial charge in [-0.1, -0.05) is 11.6 Å². The van der Waals surface area contributed by atoms with Crippen molar-refractivity contribution >= 4 is 17.5 Å². The van der Waals surface area contributed by atoms with Crippen molar-refractivity contribution in [2.24, 2.45) is 0 Å². The summed E-state index contributed by atoms with van der Waals surface area (Å²) in [5.74, 6) is 0.673. The van der Waals surface area contributed by atoms with Crippen molar-refractivity contribution in [3.05, 3.63) is 47.7 Å². The largest absolute Gasteiger partial charge is 0.492 e. The Kier molecular flexibility index (Phi) is 6.90. The van der Waals surface area contributed by atoms with Gasteiger partial charge >= 0.3 is 0 Å². The minimum atomic E-state index is -0.0583. The van der Waals surface area contributed by atoms with Gasteiger partial charge in [-0.3, -0.25) is 9.48 Å². The van der Waals surface area contributed by atoms with Gasteiger partial charge in [0.25, 0.3) is 0 Å². The van der Waals surface area contributed by atoms with Gasteiger partial charge in [0.15, 0.2) is 0 Å². The van der Waals surface area contributed by atoms with Crippen LogP contribution in [0.2, 0.25) is 5.02 Å². The maximum absolute atomic E-state index is 11.7. The standard InChI is InChI=1S/C16H21ClN4O2/c1-13(12-21-9-2-7-20-21)19-11-16(22)18-8-10-23-15-5-3-14(17)4-6-15/h2-7,9,13,19H,8,10-12H2,1H3,(H,18,22)/t13-/m1/s1. The lowest BCUT2D eigenvalue weighted by Crippen LogP contribution is -2.40. The van der Waals surface area contributed by atoms with Gasteiger partial charge in [-0.2, -0.15) is 5.10 Å². The first-order valence-electron chi connectivity index (χ1n) is 7.49. The summed E-state index contributed by atoms with van der Waals surface area (Å²) in [6.07, 6.45) is 3.63. The molecule has 1 atom stereocenters. The van der Waals surface area contributed by atoms with Crippen molar-refractivity contribution in [1.82, 2.24) is 20.4 Å². The molecule has 7 heteroatoms. The number of halogens is 1. The molecule has 0 spiro atoms. The van der Waals surface area contributed by atoms with E-state index in [-0.39, 0.29) is 18.5 Å². The minimum Gasteiger partial charge on any atom is -0.492 e. The molecule has 0 fully saturated rings. The molecule has 0 aliphatic carbocycles. The number of hydrogen-bond donors (Lipinski definition) is 2. The summed E-state index contributed by atoms with van der Waals surface area (Å²) < 4.78 is 7.33. The Balaban J connectivity index is 1.55. The zero-order valence-corrected chi connectivity index (χ0v) is 13.8. The van der Waals surface area contributed by atoms with E-state index in [0.29, 0.717) is 18.2 Å². The van der Waals surface area contributed by atoms with Crippen molar-refractivity contribution in [1.29, 1.82) is 0 Å². The van der Waals surface area contributed by atoms with Crippen LogP contribution >= 0.6 is 11.6 Å². The van der Waals surface area contributed by atoms with Crippen molar-refractivity contribution in [2.75, 3.05) is 19.7 Å². The summed E-state index contributed by atoms with van der Waals surface area (Å²) in [5, 5.41) is 10.8. The van der Waals surface area contributed by atoms with Gasteiger partial charge < -0.3 is 15.4 Å². The van der Waals surface area contributed by atoms with Crippen molar-refractivity contribution < 1.29 is 9.53 Å². The topological polar surface area (TPSA) is 68.2 Å². The molecule has 6 nitrogen and oxygen atoms in total. The fourth-order valence-electron chi connectivity index (χ4n) is 1.97. The number of hydrogen-bond acceptors (Lipinski definition) is 4. The molecule has 0 aliphatic heterocycles. The number of nitrogens with one attached hydrogen (secondary N) is 2. The molecule has 0 saturated carbocycles. The molecule has 1 amide bonds. The first-order chi connectivity index (χ1) is 11.1. The summed E-state index contributed by atoms with van der Waals surface area (Å²) >= 11 is 5.79. The molecule has 1 aromatic carbocycles. The molecule has 1 aromatic heterocycles. The molecule has 0 bridgehead atoms. The van der Waals surface area contributed by atoms with E-state index in [1.54, 1.807) is 30.5 Å². The van der Waals surface area contributed by atoms with Gasteiger partial charge in [0.1, 0.15) is 12.4 Å². The summed E-state index contributed by atoms with van der Waals surface area (Å²) in [7, 11) is 0. The molecule has 2 aromatic rings. The summed E-state index contributed by atoms with van der Waals surface area (Å²) in [6, 6.07) is 9.15. The third kappa shape index (κ3) is 6.71. The zero-order valence-electron chi connectivity index (χ0n) is 13.0. The zero-order chi connectivity index (χ0) is 16.5. The van der Waals surface area contributed by atoms with Crippen molar-refractivity contribution in [3.63, 3.8) is 0 Å². The minimum absolute atomic E-state index is 0.0583. The Bertz CT molecular complexity index is 587. The van der Waals surface area contributed by atoms with Crippen LogP contribution in [0.4, 0.5) is 0 Å². The lowest BCUT2D eigenvalue weighted by atomic mass is 10.3. The highest BCUT2D eigenvalue weighted by Gasteiger charge is 2.06. The SMILES string of the molecule is C[C@H](Cn1cccn1)NCC(=O)NCCOc1ccc(Cl)cc1. The number of benzene rings is 1. The first-order valence-corrected chi connectivity index (χ1v) is 7.87. The molecule has 2 rings (SSSR count). The maximum Gasteiger partial charge on any atom is 0.234 e. The molecule has 1 heterocycles. The average Bonchev–Trinajstić information content (AvgIpc) is 3.04. The summed E-state index contributed by atoms with van der Waals surface area (Å²) in [5.41, 5.74) is 0. The predicted molar refractivity (Wildman–Crippen MR) is 89.6 cm³/mol. The van der Waals surface area contributed by atoms with Crippen LogP contribution in [0, 0.1) is 0 Å². The van der Waals surface area contributed by atoms with E-state index >= 15 is 0 Å². The summed E-state index contributed by atoms with van der Waals surface area (Å²) in [6.45, 7) is 3.87. The van der Waals surface area contributed by atoms with Crippen molar-refractivity contribution in [2.45, 2.75) is 19.5 Å². The molecule has 0 radical (unpaired) electrons. The molecular weight excluding hydrogens is 316 g/mol. The van der Waals surface area contributed by atoms with Gasteiger partial charge in [-0.25, -0.2) is 0 Å². The lowest BCUT2D eigenvalue weighted by Gasteiger charge is -2.14. The maximum atomic E-state index is 11.7. The van der Waals surface area contributed by atoms with Crippen LogP contribution < -0.4 is 15.4 Å². The van der Waals surface area contributed by atoms with Crippen LogP contribution in [0.1, 0.15) is 6.92 Å². The molecule has 23 heavy (non-hydrogen) atoms. The van der Waals surface area contributed by atoms with Crippen LogP contribution in [0.15, 0.2) is 42.7 Å². The Labute approximate surface area is 140 Å². The predicted octanol–water partition coefficient (Wildman–Crippen LogP) is 1.71.